The molecule has 1 atom stereocenters. The first-order chi connectivity index (χ1) is 13.0. The summed E-state index contributed by atoms with van der Waals surface area (Å²) >= 11 is 0. The lowest BCUT2D eigenvalue weighted by Crippen LogP contribution is -2.23. The second kappa shape index (κ2) is 7.09. The van der Waals surface area contributed by atoms with Crippen LogP contribution in [0.2, 0.25) is 0 Å². The smallest absolute Gasteiger partial charge is 0.253 e. The maximum Gasteiger partial charge on any atom is 0.253 e. The van der Waals surface area contributed by atoms with Gasteiger partial charge in [0.25, 0.3) is 5.91 Å². The first-order valence-electron chi connectivity index (χ1n) is 8.52. The summed E-state index contributed by atoms with van der Waals surface area (Å²) in [6.07, 6.45) is 3.61. The SMILES string of the molecule is O=C(NCc1ccc(S(=O)(=O)[C@H]2CCOC2)cc1)c1cnc2[nH]ncc2c1. The number of ether oxygens (including phenoxy) is 1. The van der Waals surface area contributed by atoms with Gasteiger partial charge in [-0.25, -0.2) is 13.4 Å². The Kier molecular flexibility index (Phi) is 4.63. The van der Waals surface area contributed by atoms with E-state index in [2.05, 4.69) is 20.5 Å². The average Bonchev–Trinajstić information content (AvgIpc) is 3.37. The minimum absolute atomic E-state index is 0.245. The normalized spacial score (nSPS) is 17.3. The van der Waals surface area contributed by atoms with Crippen LogP contribution in [0.1, 0.15) is 22.3 Å². The fourth-order valence-electron chi connectivity index (χ4n) is 2.99. The molecule has 3 heterocycles. The number of rotatable bonds is 5. The van der Waals surface area contributed by atoms with E-state index >= 15 is 0 Å². The number of sulfone groups is 1. The number of hydrogen-bond donors (Lipinski definition) is 2. The van der Waals surface area contributed by atoms with Gasteiger partial charge in [0.2, 0.25) is 0 Å². The molecule has 1 aliphatic rings. The fourth-order valence-corrected chi connectivity index (χ4v) is 4.57. The van der Waals surface area contributed by atoms with Crippen LogP contribution in [0.3, 0.4) is 0 Å². The minimum atomic E-state index is -3.37. The Labute approximate surface area is 155 Å². The molecule has 0 bridgehead atoms. The van der Waals surface area contributed by atoms with Gasteiger partial charge in [-0.3, -0.25) is 9.89 Å². The number of amides is 1. The first-order valence-corrected chi connectivity index (χ1v) is 10.1. The van der Waals surface area contributed by atoms with E-state index in [0.717, 1.165) is 10.9 Å². The number of H-pyrrole nitrogens is 1. The highest BCUT2D eigenvalue weighted by molar-refractivity contribution is 7.92. The maximum absolute atomic E-state index is 12.5. The zero-order valence-electron chi connectivity index (χ0n) is 14.4. The number of carbonyl (C=O) groups is 1. The average molecular weight is 386 g/mol. The van der Waals surface area contributed by atoms with Crippen molar-refractivity contribution in [3.63, 3.8) is 0 Å². The van der Waals surface area contributed by atoms with Crippen LogP contribution in [0.5, 0.6) is 0 Å². The Morgan fingerprint density at radius 3 is 2.81 bits per heavy atom. The number of nitrogens with zero attached hydrogens (tertiary/aromatic N) is 2. The topological polar surface area (TPSA) is 114 Å². The molecule has 1 saturated heterocycles. The Balaban J connectivity index is 1.41. The minimum Gasteiger partial charge on any atom is -0.380 e. The second-order valence-electron chi connectivity index (χ2n) is 6.39. The van der Waals surface area contributed by atoms with Crippen LogP contribution in [-0.4, -0.2) is 48.0 Å². The first kappa shape index (κ1) is 17.6. The molecular formula is C18H18N4O4S. The van der Waals surface area contributed by atoms with Crippen molar-refractivity contribution in [2.75, 3.05) is 13.2 Å². The lowest BCUT2D eigenvalue weighted by Gasteiger charge is -2.11. The van der Waals surface area contributed by atoms with Gasteiger partial charge in [0.05, 0.1) is 28.5 Å². The molecule has 9 heteroatoms. The molecule has 0 spiro atoms. The third-order valence-electron chi connectivity index (χ3n) is 4.59. The summed E-state index contributed by atoms with van der Waals surface area (Å²) in [5.74, 6) is -0.259. The zero-order valence-corrected chi connectivity index (χ0v) is 15.2. The van der Waals surface area contributed by atoms with E-state index < -0.39 is 15.1 Å². The summed E-state index contributed by atoms with van der Waals surface area (Å²) in [5, 5.41) is 9.69. The Morgan fingerprint density at radius 2 is 2.07 bits per heavy atom. The molecule has 2 aromatic heterocycles. The van der Waals surface area contributed by atoms with Gasteiger partial charge in [-0.15, -0.1) is 0 Å². The summed E-state index contributed by atoms with van der Waals surface area (Å²) in [7, 11) is -3.37. The van der Waals surface area contributed by atoms with Crippen LogP contribution in [-0.2, 0) is 21.1 Å². The molecule has 2 N–H and O–H groups in total. The van der Waals surface area contributed by atoms with E-state index in [1.165, 1.54) is 6.20 Å². The van der Waals surface area contributed by atoms with Crippen molar-refractivity contribution in [3.05, 3.63) is 53.9 Å². The van der Waals surface area contributed by atoms with Crippen molar-refractivity contribution in [1.29, 1.82) is 0 Å². The van der Waals surface area contributed by atoms with Crippen molar-refractivity contribution in [3.8, 4) is 0 Å². The van der Waals surface area contributed by atoms with Crippen LogP contribution in [0.25, 0.3) is 11.0 Å². The van der Waals surface area contributed by atoms with Crippen molar-refractivity contribution >= 4 is 26.8 Å². The molecule has 1 amide bonds. The summed E-state index contributed by atoms with van der Waals surface area (Å²) in [5.41, 5.74) is 1.86. The van der Waals surface area contributed by atoms with Crippen LogP contribution >= 0.6 is 0 Å². The number of benzene rings is 1. The molecule has 8 nitrogen and oxygen atoms in total. The molecule has 1 aliphatic heterocycles. The largest absolute Gasteiger partial charge is 0.380 e. The molecule has 0 aliphatic carbocycles. The molecule has 0 unspecified atom stereocenters. The van der Waals surface area contributed by atoms with Gasteiger partial charge in [-0.05, 0) is 30.2 Å². The number of aromatic amines is 1. The predicted molar refractivity (Wildman–Crippen MR) is 97.9 cm³/mol. The van der Waals surface area contributed by atoms with Crippen molar-refractivity contribution in [1.82, 2.24) is 20.5 Å². The third kappa shape index (κ3) is 3.56. The lowest BCUT2D eigenvalue weighted by atomic mass is 10.2. The van der Waals surface area contributed by atoms with Crippen molar-refractivity contribution in [2.45, 2.75) is 23.1 Å². The number of pyridine rings is 1. The number of carbonyl (C=O) groups excluding carboxylic acids is 1. The molecule has 0 radical (unpaired) electrons. The molecule has 27 heavy (non-hydrogen) atoms. The molecule has 0 saturated carbocycles. The molecule has 1 fully saturated rings. The Bertz CT molecular complexity index is 1070. The van der Waals surface area contributed by atoms with E-state index in [1.54, 1.807) is 36.5 Å². The van der Waals surface area contributed by atoms with Gasteiger partial charge in [0, 0.05) is 24.7 Å². The van der Waals surface area contributed by atoms with Crippen molar-refractivity contribution < 1.29 is 17.9 Å². The number of nitrogens with one attached hydrogen (secondary N) is 2. The lowest BCUT2D eigenvalue weighted by molar-refractivity contribution is 0.0950. The van der Waals surface area contributed by atoms with Gasteiger partial charge in [-0.1, -0.05) is 12.1 Å². The van der Waals surface area contributed by atoms with Gasteiger partial charge >= 0.3 is 0 Å². The molecule has 1 aromatic carbocycles. The highest BCUT2D eigenvalue weighted by Crippen LogP contribution is 2.22. The van der Waals surface area contributed by atoms with E-state index in [9.17, 15) is 13.2 Å². The van der Waals surface area contributed by atoms with E-state index in [1.807, 2.05) is 0 Å². The Morgan fingerprint density at radius 1 is 1.26 bits per heavy atom. The van der Waals surface area contributed by atoms with Crippen LogP contribution in [0, 0.1) is 0 Å². The second-order valence-corrected chi connectivity index (χ2v) is 8.62. The zero-order chi connectivity index (χ0) is 18.9. The maximum atomic E-state index is 12.5. The standard InChI is InChI=1S/C18H18N4O4S/c23-18(14-7-13-10-21-22-17(13)19-9-14)20-8-12-1-3-15(4-2-12)27(24,25)16-5-6-26-11-16/h1-4,7,9-10,16H,5-6,8,11H2,(H,20,23)(H,19,21,22)/t16-/m0/s1. The van der Waals surface area contributed by atoms with E-state index in [0.29, 0.717) is 24.2 Å². The Hall–Kier alpha value is -2.78. The number of hydrogen-bond acceptors (Lipinski definition) is 6. The van der Waals surface area contributed by atoms with Gasteiger partial charge in [-0.2, -0.15) is 5.10 Å². The third-order valence-corrected chi connectivity index (χ3v) is 6.76. The quantitative estimate of drug-likeness (QED) is 0.686. The van der Waals surface area contributed by atoms with Crippen LogP contribution < -0.4 is 5.32 Å². The van der Waals surface area contributed by atoms with Crippen molar-refractivity contribution in [2.24, 2.45) is 0 Å². The highest BCUT2D eigenvalue weighted by atomic mass is 32.2. The number of fused-ring (bicyclic) bond motifs is 1. The van der Waals surface area contributed by atoms with Gasteiger partial charge < -0.3 is 10.1 Å². The van der Waals surface area contributed by atoms with Crippen LogP contribution in [0.15, 0.2) is 47.6 Å². The van der Waals surface area contributed by atoms with E-state index in [4.69, 9.17) is 4.74 Å². The fraction of sp³-hybridized carbons (Fsp3) is 0.278. The van der Waals surface area contributed by atoms with Crippen LogP contribution in [0.4, 0.5) is 0 Å². The summed E-state index contributed by atoms with van der Waals surface area (Å²) in [6.45, 7) is 1.01. The molecule has 3 aromatic rings. The predicted octanol–water partition coefficient (Wildman–Crippen LogP) is 1.45. The molecule has 140 valence electrons. The van der Waals surface area contributed by atoms with E-state index in [-0.39, 0.29) is 24.0 Å². The monoisotopic (exact) mass is 386 g/mol. The summed E-state index contributed by atoms with van der Waals surface area (Å²) in [6, 6.07) is 8.28. The summed E-state index contributed by atoms with van der Waals surface area (Å²) in [4.78, 5) is 16.7. The van der Waals surface area contributed by atoms with Gasteiger partial charge in [0.15, 0.2) is 15.5 Å². The molecular weight excluding hydrogens is 368 g/mol. The molecule has 4 rings (SSSR count). The number of aromatic nitrogens is 3. The highest BCUT2D eigenvalue weighted by Gasteiger charge is 2.30. The van der Waals surface area contributed by atoms with Gasteiger partial charge in [0.1, 0.15) is 0 Å². The summed E-state index contributed by atoms with van der Waals surface area (Å²) < 4.78 is 30.2.